The lowest BCUT2D eigenvalue weighted by Crippen LogP contribution is -2.01. The number of hydrogen-bond acceptors (Lipinski definition) is 5. The van der Waals surface area contributed by atoms with Crippen LogP contribution in [0.3, 0.4) is 0 Å². The van der Waals surface area contributed by atoms with Crippen molar-refractivity contribution in [2.45, 2.75) is 0 Å². The third-order valence-electron chi connectivity index (χ3n) is 1.04. The summed E-state index contributed by atoms with van der Waals surface area (Å²) in [6.07, 6.45) is 1.01. The molecule has 58 valence electrons. The molecule has 0 fully saturated rings. The molecular weight excluding hydrogens is 154 g/mol. The first-order chi connectivity index (χ1) is 5.16. The Hall–Kier alpha value is -1.92. The first kappa shape index (κ1) is 7.19. The highest BCUT2D eigenvalue weighted by Crippen LogP contribution is 2.08. The molecular formula is C4H3N3O4. The molecule has 0 aliphatic rings. The molecule has 1 N–H and O–H groups in total. The molecule has 0 unspecified atom stereocenters. The van der Waals surface area contributed by atoms with Gasteiger partial charge in [-0.15, -0.1) is 0 Å². The molecule has 1 rings (SSSR count). The zero-order chi connectivity index (χ0) is 8.43. The van der Waals surface area contributed by atoms with E-state index < -0.39 is 16.6 Å². The zero-order valence-electron chi connectivity index (χ0n) is 5.17. The SMILES string of the molecule is O=Cc1ncc([N+](=O)[O-])n1O. The molecule has 0 aromatic carbocycles. The molecule has 11 heavy (non-hydrogen) atoms. The lowest BCUT2D eigenvalue weighted by Gasteiger charge is -1.89. The van der Waals surface area contributed by atoms with Crippen molar-refractivity contribution >= 4 is 12.1 Å². The monoisotopic (exact) mass is 157 g/mol. The van der Waals surface area contributed by atoms with Gasteiger partial charge in [-0.25, -0.2) is 4.98 Å². The van der Waals surface area contributed by atoms with Gasteiger partial charge in [-0.1, -0.05) is 0 Å². The minimum atomic E-state index is -0.847. The largest absolute Gasteiger partial charge is 0.382 e. The van der Waals surface area contributed by atoms with Crippen molar-refractivity contribution in [1.82, 2.24) is 9.71 Å². The second-order valence-corrected chi connectivity index (χ2v) is 1.66. The van der Waals surface area contributed by atoms with Crippen molar-refractivity contribution in [3.05, 3.63) is 22.1 Å². The Morgan fingerprint density at radius 2 is 2.45 bits per heavy atom. The van der Waals surface area contributed by atoms with Crippen LogP contribution in [-0.2, 0) is 0 Å². The Balaban J connectivity index is 3.20. The summed E-state index contributed by atoms with van der Waals surface area (Å²) in [5, 5.41) is 18.8. The molecule has 0 atom stereocenters. The van der Waals surface area contributed by atoms with E-state index in [2.05, 4.69) is 4.98 Å². The van der Waals surface area contributed by atoms with Gasteiger partial charge in [0.25, 0.3) is 0 Å². The quantitative estimate of drug-likeness (QED) is 0.278. The third kappa shape index (κ3) is 1.02. The van der Waals surface area contributed by atoms with Crippen LogP contribution >= 0.6 is 0 Å². The maximum absolute atomic E-state index is 10.0. The highest BCUT2D eigenvalue weighted by atomic mass is 16.6. The molecule has 1 aromatic heterocycles. The number of hydrogen-bond donors (Lipinski definition) is 1. The van der Waals surface area contributed by atoms with Gasteiger partial charge < -0.3 is 15.3 Å². The maximum Gasteiger partial charge on any atom is 0.382 e. The van der Waals surface area contributed by atoms with Crippen LogP contribution in [0, 0.1) is 10.1 Å². The molecule has 7 heteroatoms. The molecule has 0 aliphatic carbocycles. The van der Waals surface area contributed by atoms with Crippen LogP contribution in [0.15, 0.2) is 6.20 Å². The number of aldehydes is 1. The molecule has 0 saturated heterocycles. The van der Waals surface area contributed by atoms with Gasteiger partial charge in [-0.05, 0) is 9.65 Å². The van der Waals surface area contributed by atoms with Gasteiger partial charge in [0.1, 0.15) is 6.20 Å². The van der Waals surface area contributed by atoms with Gasteiger partial charge >= 0.3 is 11.6 Å². The maximum atomic E-state index is 10.0. The van der Waals surface area contributed by atoms with Gasteiger partial charge in [0.2, 0.25) is 6.29 Å². The Morgan fingerprint density at radius 1 is 1.82 bits per heavy atom. The van der Waals surface area contributed by atoms with Gasteiger partial charge in [0, 0.05) is 0 Å². The van der Waals surface area contributed by atoms with Crippen molar-refractivity contribution in [2.75, 3.05) is 0 Å². The smallest absolute Gasteiger partial charge is 0.358 e. The molecule has 0 radical (unpaired) electrons. The topological polar surface area (TPSA) is 98.3 Å². The van der Waals surface area contributed by atoms with Gasteiger partial charge in [0.15, 0.2) is 0 Å². The molecule has 0 spiro atoms. The number of carbonyl (C=O) groups is 1. The van der Waals surface area contributed by atoms with Crippen molar-refractivity contribution in [2.24, 2.45) is 0 Å². The first-order valence-corrected chi connectivity index (χ1v) is 2.53. The lowest BCUT2D eigenvalue weighted by molar-refractivity contribution is -0.396. The predicted molar refractivity (Wildman–Crippen MR) is 31.5 cm³/mol. The van der Waals surface area contributed by atoms with E-state index in [1.54, 1.807) is 0 Å². The lowest BCUT2D eigenvalue weighted by atomic mass is 10.7. The van der Waals surface area contributed by atoms with Crippen LogP contribution in [0.2, 0.25) is 0 Å². The summed E-state index contributed by atoms with van der Waals surface area (Å²) in [6.45, 7) is 0. The fourth-order valence-electron chi connectivity index (χ4n) is 0.555. The van der Waals surface area contributed by atoms with Crippen LogP contribution in [0.4, 0.5) is 5.82 Å². The number of nitro groups is 1. The summed E-state index contributed by atoms with van der Waals surface area (Å²) in [5.41, 5.74) is 0. The van der Waals surface area contributed by atoms with Gasteiger partial charge in [-0.3, -0.25) is 4.79 Å². The van der Waals surface area contributed by atoms with E-state index in [0.717, 1.165) is 6.20 Å². The third-order valence-corrected chi connectivity index (χ3v) is 1.04. The van der Waals surface area contributed by atoms with Crippen molar-refractivity contribution in [3.8, 4) is 0 Å². The van der Waals surface area contributed by atoms with Crippen LogP contribution in [-0.4, -0.2) is 26.1 Å². The van der Waals surface area contributed by atoms with E-state index in [9.17, 15) is 14.9 Å². The van der Waals surface area contributed by atoms with Crippen molar-refractivity contribution < 1.29 is 14.9 Å². The van der Waals surface area contributed by atoms with E-state index in [0.29, 0.717) is 0 Å². The number of imidazole rings is 1. The van der Waals surface area contributed by atoms with E-state index in [4.69, 9.17) is 5.21 Å². The number of rotatable bonds is 2. The van der Waals surface area contributed by atoms with Crippen LogP contribution in [0.5, 0.6) is 0 Å². The Labute approximate surface area is 60.0 Å². The number of aromatic nitrogens is 2. The molecule has 1 heterocycles. The average Bonchev–Trinajstić information content (AvgIpc) is 2.30. The Kier molecular flexibility index (Phi) is 1.55. The number of carbonyl (C=O) groups excluding carboxylic acids is 1. The average molecular weight is 157 g/mol. The second kappa shape index (κ2) is 2.37. The van der Waals surface area contributed by atoms with Crippen LogP contribution in [0.25, 0.3) is 0 Å². The summed E-state index contributed by atoms with van der Waals surface area (Å²) < 4.78 is 0.118. The summed E-state index contributed by atoms with van der Waals surface area (Å²) in [5.74, 6) is -1.02. The minimum absolute atomic E-state index is 0.118. The van der Waals surface area contributed by atoms with E-state index in [1.807, 2.05) is 0 Å². The van der Waals surface area contributed by atoms with E-state index in [1.165, 1.54) is 0 Å². The Morgan fingerprint density at radius 3 is 2.73 bits per heavy atom. The number of nitrogens with zero attached hydrogens (tertiary/aromatic N) is 3. The molecule has 7 nitrogen and oxygen atoms in total. The van der Waals surface area contributed by atoms with Crippen LogP contribution < -0.4 is 0 Å². The summed E-state index contributed by atoms with van der Waals surface area (Å²) in [4.78, 5) is 22.4. The molecule has 0 saturated carbocycles. The summed E-state index contributed by atoms with van der Waals surface area (Å²) in [6, 6.07) is 0. The second-order valence-electron chi connectivity index (χ2n) is 1.66. The summed E-state index contributed by atoms with van der Waals surface area (Å²) in [7, 11) is 0. The predicted octanol–water partition coefficient (Wildman–Crippen LogP) is -0.159. The molecule has 0 bridgehead atoms. The highest BCUT2D eigenvalue weighted by molar-refractivity contribution is 5.69. The normalized spacial score (nSPS) is 9.45. The van der Waals surface area contributed by atoms with E-state index >= 15 is 0 Å². The molecule has 0 amide bonds. The Bertz CT molecular complexity index is 304. The minimum Gasteiger partial charge on any atom is -0.358 e. The first-order valence-electron chi connectivity index (χ1n) is 2.53. The standard InChI is InChI=1S/C4H3N3O4/c8-2-3-5-1-4(6(3)9)7(10)11/h1-2,9H. The van der Waals surface area contributed by atoms with Crippen LogP contribution in [0.1, 0.15) is 10.6 Å². The van der Waals surface area contributed by atoms with Crippen molar-refractivity contribution in [3.63, 3.8) is 0 Å². The molecule has 0 aliphatic heterocycles. The van der Waals surface area contributed by atoms with Gasteiger partial charge in [0.05, 0.1) is 0 Å². The fraction of sp³-hybridized carbons (Fsp3) is 0. The molecule has 1 aromatic rings. The van der Waals surface area contributed by atoms with Crippen molar-refractivity contribution in [1.29, 1.82) is 0 Å². The summed E-state index contributed by atoms with van der Waals surface area (Å²) >= 11 is 0. The fourth-order valence-corrected chi connectivity index (χ4v) is 0.555. The highest BCUT2D eigenvalue weighted by Gasteiger charge is 2.18. The zero-order valence-corrected chi connectivity index (χ0v) is 5.17. The van der Waals surface area contributed by atoms with E-state index in [-0.39, 0.29) is 11.0 Å². The van der Waals surface area contributed by atoms with Gasteiger partial charge in [-0.2, -0.15) is 0 Å².